The predicted octanol–water partition coefficient (Wildman–Crippen LogP) is 3.05. The predicted molar refractivity (Wildman–Crippen MR) is 74.6 cm³/mol. The van der Waals surface area contributed by atoms with E-state index in [-0.39, 0.29) is 0 Å². The van der Waals surface area contributed by atoms with Gasteiger partial charge in [-0.1, -0.05) is 20.3 Å². The lowest BCUT2D eigenvalue weighted by Gasteiger charge is -2.31. The van der Waals surface area contributed by atoms with Crippen LogP contribution in [0.25, 0.3) is 0 Å². The van der Waals surface area contributed by atoms with Crippen LogP contribution in [-0.4, -0.2) is 31.1 Å². The van der Waals surface area contributed by atoms with E-state index < -0.39 is 0 Å². The van der Waals surface area contributed by atoms with Gasteiger partial charge in [-0.15, -0.1) is 0 Å². The summed E-state index contributed by atoms with van der Waals surface area (Å²) in [5, 5.41) is 3.59. The molecule has 1 saturated heterocycles. The Kier molecular flexibility index (Phi) is 4.84. The Bertz CT molecular complexity index is 334. The molecule has 0 radical (unpaired) electrons. The van der Waals surface area contributed by atoms with Gasteiger partial charge >= 0.3 is 0 Å². The highest BCUT2D eigenvalue weighted by molar-refractivity contribution is 5.07. The molecule has 0 amide bonds. The fourth-order valence-corrected chi connectivity index (χ4v) is 2.93. The average Bonchev–Trinajstić information content (AvgIpc) is 2.78. The zero-order valence-corrected chi connectivity index (χ0v) is 11.9. The molecule has 2 heterocycles. The van der Waals surface area contributed by atoms with Crippen molar-refractivity contribution in [3.63, 3.8) is 0 Å². The Morgan fingerprint density at radius 1 is 1.44 bits per heavy atom. The second kappa shape index (κ2) is 6.39. The van der Waals surface area contributed by atoms with Crippen LogP contribution in [0.4, 0.5) is 0 Å². The third-order valence-corrected chi connectivity index (χ3v) is 3.88. The van der Waals surface area contributed by atoms with Gasteiger partial charge in [-0.25, -0.2) is 0 Å². The van der Waals surface area contributed by atoms with Crippen LogP contribution in [0.15, 0.2) is 22.8 Å². The summed E-state index contributed by atoms with van der Waals surface area (Å²) in [6, 6.07) is 5.10. The number of hydrogen-bond donors (Lipinski definition) is 1. The molecule has 1 aromatic heterocycles. The molecule has 2 rings (SSSR count). The lowest BCUT2D eigenvalue weighted by molar-refractivity contribution is 0.161. The first kappa shape index (κ1) is 13.6. The molecule has 3 nitrogen and oxygen atoms in total. The Hall–Kier alpha value is -0.800. The van der Waals surface area contributed by atoms with Crippen LogP contribution >= 0.6 is 0 Å². The fraction of sp³-hybridized carbons (Fsp3) is 0.733. The quantitative estimate of drug-likeness (QED) is 0.890. The van der Waals surface area contributed by atoms with Crippen LogP contribution in [0.2, 0.25) is 0 Å². The van der Waals surface area contributed by atoms with E-state index >= 15 is 0 Å². The standard InChI is InChI=1S/C15H26N2O/c1-12(2)16-11-13-7-4-5-9-17(3)15(13)14-8-6-10-18-14/h6,8,10,12-13,15-16H,4-5,7,9,11H2,1-3H3. The Morgan fingerprint density at radius 3 is 2.94 bits per heavy atom. The van der Waals surface area contributed by atoms with Gasteiger partial charge < -0.3 is 9.73 Å². The smallest absolute Gasteiger partial charge is 0.121 e. The molecule has 1 aromatic rings. The number of likely N-dealkylation sites (tertiary alicyclic amines) is 1. The molecule has 102 valence electrons. The van der Waals surface area contributed by atoms with Crippen molar-refractivity contribution < 1.29 is 4.42 Å². The third-order valence-electron chi connectivity index (χ3n) is 3.88. The molecule has 0 bridgehead atoms. The molecular formula is C15H26N2O. The van der Waals surface area contributed by atoms with Crippen LogP contribution < -0.4 is 5.32 Å². The van der Waals surface area contributed by atoms with E-state index in [1.165, 1.54) is 25.8 Å². The number of furan rings is 1. The third kappa shape index (κ3) is 3.36. The lowest BCUT2D eigenvalue weighted by atomic mass is 9.92. The molecular weight excluding hydrogens is 224 g/mol. The summed E-state index contributed by atoms with van der Waals surface area (Å²) >= 11 is 0. The van der Waals surface area contributed by atoms with E-state index in [1.54, 1.807) is 6.26 Å². The van der Waals surface area contributed by atoms with Crippen LogP contribution in [0.5, 0.6) is 0 Å². The number of rotatable bonds is 4. The van der Waals surface area contributed by atoms with Crippen molar-refractivity contribution in [3.05, 3.63) is 24.2 Å². The first-order chi connectivity index (χ1) is 8.68. The number of nitrogens with zero attached hydrogens (tertiary/aromatic N) is 1. The minimum Gasteiger partial charge on any atom is -0.468 e. The van der Waals surface area contributed by atoms with E-state index in [4.69, 9.17) is 4.42 Å². The monoisotopic (exact) mass is 250 g/mol. The topological polar surface area (TPSA) is 28.4 Å². The van der Waals surface area contributed by atoms with Gasteiger partial charge in [0.15, 0.2) is 0 Å². The van der Waals surface area contributed by atoms with Crippen molar-refractivity contribution in [1.82, 2.24) is 10.2 Å². The molecule has 0 aromatic carbocycles. The van der Waals surface area contributed by atoms with Gasteiger partial charge in [-0.2, -0.15) is 0 Å². The summed E-state index contributed by atoms with van der Waals surface area (Å²) in [6.07, 6.45) is 5.70. The maximum Gasteiger partial charge on any atom is 0.121 e. The van der Waals surface area contributed by atoms with Crippen molar-refractivity contribution in [3.8, 4) is 0 Å². The molecule has 0 saturated carbocycles. The van der Waals surface area contributed by atoms with Crippen molar-refractivity contribution in [1.29, 1.82) is 0 Å². The zero-order valence-electron chi connectivity index (χ0n) is 11.9. The number of hydrogen-bond acceptors (Lipinski definition) is 3. The molecule has 1 N–H and O–H groups in total. The minimum atomic E-state index is 0.425. The molecule has 2 unspecified atom stereocenters. The van der Waals surface area contributed by atoms with Gasteiger partial charge in [-0.05, 0) is 44.5 Å². The van der Waals surface area contributed by atoms with Crippen molar-refractivity contribution in [2.45, 2.75) is 45.2 Å². The Balaban J connectivity index is 2.11. The van der Waals surface area contributed by atoms with Crippen LogP contribution in [-0.2, 0) is 0 Å². The molecule has 18 heavy (non-hydrogen) atoms. The molecule has 0 spiro atoms. The SMILES string of the molecule is CC(C)NCC1CCCCN(C)C1c1ccco1. The highest BCUT2D eigenvalue weighted by Gasteiger charge is 2.30. The van der Waals surface area contributed by atoms with Crippen molar-refractivity contribution in [2.75, 3.05) is 20.1 Å². The van der Waals surface area contributed by atoms with Crippen molar-refractivity contribution in [2.24, 2.45) is 5.92 Å². The van der Waals surface area contributed by atoms with Gasteiger partial charge in [0.05, 0.1) is 12.3 Å². The van der Waals surface area contributed by atoms with Crippen LogP contribution in [0.1, 0.15) is 44.9 Å². The van der Waals surface area contributed by atoms with E-state index in [9.17, 15) is 0 Å². The summed E-state index contributed by atoms with van der Waals surface area (Å²) < 4.78 is 5.67. The van der Waals surface area contributed by atoms with E-state index in [0.717, 1.165) is 12.3 Å². The molecule has 0 aliphatic carbocycles. The molecule has 1 fully saturated rings. The average molecular weight is 250 g/mol. The summed E-state index contributed by atoms with van der Waals surface area (Å²) in [5.41, 5.74) is 0. The van der Waals surface area contributed by atoms with Gasteiger partial charge in [-0.3, -0.25) is 4.90 Å². The van der Waals surface area contributed by atoms with Gasteiger partial charge in [0.25, 0.3) is 0 Å². The van der Waals surface area contributed by atoms with Crippen LogP contribution in [0, 0.1) is 5.92 Å². The maximum absolute atomic E-state index is 5.67. The van der Waals surface area contributed by atoms with Gasteiger partial charge in [0.2, 0.25) is 0 Å². The van der Waals surface area contributed by atoms with E-state index in [1.807, 2.05) is 6.07 Å². The maximum atomic E-state index is 5.67. The van der Waals surface area contributed by atoms with E-state index in [2.05, 4.69) is 37.2 Å². The first-order valence-electron chi connectivity index (χ1n) is 7.15. The molecule has 1 aliphatic heterocycles. The summed E-state index contributed by atoms with van der Waals surface area (Å²) in [7, 11) is 2.22. The Labute approximate surface area is 111 Å². The zero-order chi connectivity index (χ0) is 13.0. The second-order valence-corrected chi connectivity index (χ2v) is 5.76. The Morgan fingerprint density at radius 2 is 2.28 bits per heavy atom. The minimum absolute atomic E-state index is 0.425. The molecule has 2 atom stereocenters. The second-order valence-electron chi connectivity index (χ2n) is 5.76. The summed E-state index contributed by atoms with van der Waals surface area (Å²) in [6.45, 7) is 6.67. The summed E-state index contributed by atoms with van der Waals surface area (Å²) in [4.78, 5) is 2.46. The highest BCUT2D eigenvalue weighted by atomic mass is 16.3. The van der Waals surface area contributed by atoms with Gasteiger partial charge in [0, 0.05) is 12.6 Å². The normalized spacial score (nSPS) is 26.4. The van der Waals surface area contributed by atoms with Crippen LogP contribution in [0.3, 0.4) is 0 Å². The first-order valence-corrected chi connectivity index (χ1v) is 7.15. The van der Waals surface area contributed by atoms with Crippen molar-refractivity contribution >= 4 is 0 Å². The molecule has 3 heteroatoms. The molecule has 1 aliphatic rings. The lowest BCUT2D eigenvalue weighted by Crippen LogP contribution is -2.36. The largest absolute Gasteiger partial charge is 0.468 e. The fourth-order valence-electron chi connectivity index (χ4n) is 2.93. The summed E-state index contributed by atoms with van der Waals surface area (Å²) in [5.74, 6) is 1.76. The van der Waals surface area contributed by atoms with E-state index in [0.29, 0.717) is 18.0 Å². The highest BCUT2D eigenvalue weighted by Crippen LogP contribution is 2.34. The van der Waals surface area contributed by atoms with Gasteiger partial charge in [0.1, 0.15) is 5.76 Å². The number of nitrogens with one attached hydrogen (secondary N) is 1.